The lowest BCUT2D eigenvalue weighted by Gasteiger charge is -2.25. The number of fused-ring (bicyclic) bond motifs is 1. The van der Waals surface area contributed by atoms with Gasteiger partial charge in [-0.2, -0.15) is 0 Å². The van der Waals surface area contributed by atoms with Crippen molar-refractivity contribution in [3.05, 3.63) is 64.3 Å². The van der Waals surface area contributed by atoms with E-state index in [-0.39, 0.29) is 11.9 Å². The van der Waals surface area contributed by atoms with Crippen LogP contribution in [0.25, 0.3) is 10.4 Å². The molecule has 2 aliphatic rings. The third-order valence-corrected chi connectivity index (χ3v) is 6.95. The summed E-state index contributed by atoms with van der Waals surface area (Å²) >= 11 is 1.59. The molecular weight excluding hydrogens is 408 g/mol. The zero-order chi connectivity index (χ0) is 21.4. The van der Waals surface area contributed by atoms with Crippen molar-refractivity contribution in [2.45, 2.75) is 39.2 Å². The van der Waals surface area contributed by atoms with Crippen LogP contribution in [-0.2, 0) is 6.42 Å². The lowest BCUT2D eigenvalue weighted by atomic mass is 10.0. The number of aromatic nitrogens is 1. The monoisotopic (exact) mass is 434 g/mol. The Bertz CT molecular complexity index is 1120. The van der Waals surface area contributed by atoms with Crippen LogP contribution in [0.15, 0.2) is 42.5 Å². The minimum Gasteiger partial charge on any atom is -0.486 e. The molecule has 1 aromatic heterocycles. The summed E-state index contributed by atoms with van der Waals surface area (Å²) in [6.07, 6.45) is 2.83. The number of ether oxygens (including phenoxy) is 2. The lowest BCUT2D eigenvalue weighted by molar-refractivity contribution is 0.0732. The number of thiazole rings is 1. The second-order valence-corrected chi connectivity index (χ2v) is 9.46. The topological polar surface area (TPSA) is 51.7 Å². The number of hydrogen-bond acceptors (Lipinski definition) is 5. The Kier molecular flexibility index (Phi) is 5.40. The first-order chi connectivity index (χ1) is 15.1. The molecule has 160 valence electrons. The summed E-state index contributed by atoms with van der Waals surface area (Å²) in [5, 5.41) is 0.919. The highest BCUT2D eigenvalue weighted by Crippen LogP contribution is 2.35. The first-order valence-corrected chi connectivity index (χ1v) is 11.6. The van der Waals surface area contributed by atoms with Crippen LogP contribution in [0.2, 0.25) is 0 Å². The van der Waals surface area contributed by atoms with Crippen molar-refractivity contribution in [2.24, 2.45) is 0 Å². The summed E-state index contributed by atoms with van der Waals surface area (Å²) in [5.41, 5.74) is 4.00. The Balaban J connectivity index is 1.39. The van der Waals surface area contributed by atoms with Crippen LogP contribution in [0.1, 0.15) is 39.5 Å². The molecule has 0 saturated carbocycles. The highest BCUT2D eigenvalue weighted by molar-refractivity contribution is 7.15. The number of aryl methyl sites for hydroxylation is 2. The maximum Gasteiger partial charge on any atom is 0.274 e. The van der Waals surface area contributed by atoms with Gasteiger partial charge in [0.05, 0.1) is 9.88 Å². The average molecular weight is 435 g/mol. The number of benzene rings is 2. The standard InChI is InChI=1S/C25H26N2O3S/c1-16-5-3-6-19(13-16)24-23(26-17(2)31-24)25(28)27-10-4-7-20(27)14-18-8-9-21-22(15-18)30-12-11-29-21/h3,5-6,8-9,13,15,20H,4,7,10-12,14H2,1-2H3/t20-/m0/s1. The number of hydrogen-bond donors (Lipinski definition) is 0. The van der Waals surface area contributed by atoms with E-state index in [2.05, 4.69) is 42.2 Å². The lowest BCUT2D eigenvalue weighted by Crippen LogP contribution is -2.37. The highest BCUT2D eigenvalue weighted by atomic mass is 32.1. The molecule has 1 atom stereocenters. The van der Waals surface area contributed by atoms with Crippen LogP contribution in [0.3, 0.4) is 0 Å². The van der Waals surface area contributed by atoms with Crippen molar-refractivity contribution < 1.29 is 14.3 Å². The van der Waals surface area contributed by atoms with Gasteiger partial charge < -0.3 is 14.4 Å². The first-order valence-electron chi connectivity index (χ1n) is 10.8. The molecule has 1 amide bonds. The first kappa shape index (κ1) is 20.1. The second kappa shape index (κ2) is 8.35. The molecule has 0 radical (unpaired) electrons. The average Bonchev–Trinajstić information content (AvgIpc) is 3.40. The van der Waals surface area contributed by atoms with Crippen LogP contribution in [-0.4, -0.2) is 41.6 Å². The van der Waals surface area contributed by atoms with Crippen molar-refractivity contribution in [3.8, 4) is 21.9 Å². The molecule has 3 heterocycles. The molecule has 2 aromatic carbocycles. The van der Waals surface area contributed by atoms with Crippen molar-refractivity contribution in [2.75, 3.05) is 19.8 Å². The van der Waals surface area contributed by atoms with Gasteiger partial charge in [-0.25, -0.2) is 4.98 Å². The summed E-state index contributed by atoms with van der Waals surface area (Å²) in [7, 11) is 0. The summed E-state index contributed by atoms with van der Waals surface area (Å²) < 4.78 is 11.4. The van der Waals surface area contributed by atoms with Crippen LogP contribution < -0.4 is 9.47 Å². The Hall–Kier alpha value is -2.86. The summed E-state index contributed by atoms with van der Waals surface area (Å²) in [5.74, 6) is 1.65. The van der Waals surface area contributed by atoms with Gasteiger partial charge >= 0.3 is 0 Å². The van der Waals surface area contributed by atoms with Gasteiger partial charge in [-0.15, -0.1) is 11.3 Å². The molecule has 1 saturated heterocycles. The van der Waals surface area contributed by atoms with E-state index in [1.807, 2.05) is 24.0 Å². The van der Waals surface area contributed by atoms with Gasteiger partial charge in [-0.05, 0) is 56.4 Å². The Morgan fingerprint density at radius 2 is 1.97 bits per heavy atom. The van der Waals surface area contributed by atoms with E-state index in [0.717, 1.165) is 52.8 Å². The number of nitrogens with zero attached hydrogens (tertiary/aromatic N) is 2. The van der Waals surface area contributed by atoms with Crippen molar-refractivity contribution in [1.29, 1.82) is 0 Å². The molecule has 1 fully saturated rings. The van der Waals surface area contributed by atoms with Crippen LogP contribution in [0.5, 0.6) is 11.5 Å². The van der Waals surface area contributed by atoms with Crippen LogP contribution >= 0.6 is 11.3 Å². The summed E-state index contributed by atoms with van der Waals surface area (Å²) in [6.45, 7) is 5.99. The van der Waals surface area contributed by atoms with Crippen molar-refractivity contribution >= 4 is 17.2 Å². The molecule has 0 N–H and O–H groups in total. The fourth-order valence-electron chi connectivity index (χ4n) is 4.49. The molecule has 5 rings (SSSR count). The largest absolute Gasteiger partial charge is 0.486 e. The molecule has 5 nitrogen and oxygen atoms in total. The van der Waals surface area contributed by atoms with E-state index < -0.39 is 0 Å². The van der Waals surface area contributed by atoms with Gasteiger partial charge in [0.2, 0.25) is 0 Å². The number of likely N-dealkylation sites (tertiary alicyclic amines) is 1. The Labute approximate surface area is 186 Å². The maximum atomic E-state index is 13.6. The fraction of sp³-hybridized carbons (Fsp3) is 0.360. The number of amides is 1. The molecule has 0 bridgehead atoms. The Morgan fingerprint density at radius 3 is 2.81 bits per heavy atom. The van der Waals surface area contributed by atoms with Crippen LogP contribution in [0.4, 0.5) is 0 Å². The summed E-state index contributed by atoms with van der Waals surface area (Å²) in [4.78, 5) is 21.2. The minimum absolute atomic E-state index is 0.0425. The molecule has 0 unspecified atom stereocenters. The quantitative estimate of drug-likeness (QED) is 0.577. The van der Waals surface area contributed by atoms with Crippen molar-refractivity contribution in [1.82, 2.24) is 9.88 Å². The summed E-state index contributed by atoms with van der Waals surface area (Å²) in [6, 6.07) is 14.6. The highest BCUT2D eigenvalue weighted by Gasteiger charge is 2.32. The van der Waals surface area contributed by atoms with E-state index in [4.69, 9.17) is 9.47 Å². The molecule has 31 heavy (non-hydrogen) atoms. The van der Waals surface area contributed by atoms with E-state index >= 15 is 0 Å². The van der Waals surface area contributed by atoms with Crippen LogP contribution in [0, 0.1) is 13.8 Å². The Morgan fingerprint density at radius 1 is 1.13 bits per heavy atom. The zero-order valence-electron chi connectivity index (χ0n) is 17.9. The van der Waals surface area contributed by atoms with Gasteiger partial charge in [0, 0.05) is 12.6 Å². The smallest absolute Gasteiger partial charge is 0.274 e. The predicted octanol–water partition coefficient (Wildman–Crippen LogP) is 5.05. The minimum atomic E-state index is 0.0425. The van der Waals surface area contributed by atoms with E-state index in [9.17, 15) is 4.79 Å². The molecule has 3 aromatic rings. The molecular formula is C25H26N2O3S. The maximum absolute atomic E-state index is 13.6. The third kappa shape index (κ3) is 4.04. The SMILES string of the molecule is Cc1cccc(-c2sc(C)nc2C(=O)N2CCC[C@H]2Cc2ccc3c(c2)OCCO3)c1. The zero-order valence-corrected chi connectivity index (χ0v) is 18.7. The third-order valence-electron chi connectivity index (χ3n) is 5.93. The second-order valence-electron chi connectivity index (χ2n) is 8.26. The normalized spacial score (nSPS) is 17.7. The van der Waals surface area contributed by atoms with Gasteiger partial charge in [0.1, 0.15) is 18.9 Å². The van der Waals surface area contributed by atoms with E-state index in [1.165, 1.54) is 11.1 Å². The molecule has 2 aliphatic heterocycles. The van der Waals surface area contributed by atoms with E-state index in [1.54, 1.807) is 11.3 Å². The number of carbonyl (C=O) groups is 1. The van der Waals surface area contributed by atoms with Gasteiger partial charge in [0.15, 0.2) is 11.5 Å². The van der Waals surface area contributed by atoms with Crippen molar-refractivity contribution in [3.63, 3.8) is 0 Å². The van der Waals surface area contributed by atoms with Gasteiger partial charge in [-0.1, -0.05) is 35.9 Å². The van der Waals surface area contributed by atoms with E-state index in [0.29, 0.717) is 18.9 Å². The predicted molar refractivity (Wildman–Crippen MR) is 122 cm³/mol. The number of rotatable bonds is 4. The molecule has 0 aliphatic carbocycles. The molecule has 0 spiro atoms. The van der Waals surface area contributed by atoms with Gasteiger partial charge in [0.25, 0.3) is 5.91 Å². The fourth-order valence-corrected chi connectivity index (χ4v) is 5.40. The number of carbonyl (C=O) groups excluding carboxylic acids is 1. The van der Waals surface area contributed by atoms with Gasteiger partial charge in [-0.3, -0.25) is 4.79 Å². The molecule has 6 heteroatoms.